The van der Waals surface area contributed by atoms with Crippen LogP contribution in [0.5, 0.6) is 0 Å². The molecule has 1 fully saturated rings. The first-order chi connectivity index (χ1) is 8.88. The highest BCUT2D eigenvalue weighted by Crippen LogP contribution is 2.26. The first kappa shape index (κ1) is 14.8. The summed E-state index contributed by atoms with van der Waals surface area (Å²) in [6, 6.07) is -0.374. The molecule has 2 rings (SSSR count). The molecular weight excluding hydrogens is 280 g/mol. The van der Waals surface area contributed by atoms with Gasteiger partial charge in [0.1, 0.15) is 11.0 Å². The van der Waals surface area contributed by atoms with E-state index < -0.39 is 5.97 Å². The molecular formula is C13H20N2O2S2. The van der Waals surface area contributed by atoms with Crippen molar-refractivity contribution >= 4 is 29.1 Å². The molecule has 0 amide bonds. The maximum absolute atomic E-state index is 11.2. The summed E-state index contributed by atoms with van der Waals surface area (Å²) in [4.78, 5) is 17.9. The van der Waals surface area contributed by atoms with Crippen LogP contribution < -0.4 is 0 Å². The van der Waals surface area contributed by atoms with E-state index in [1.165, 1.54) is 0 Å². The number of thiazole rings is 1. The minimum Gasteiger partial charge on any atom is -0.480 e. The number of carboxylic acid groups (broad SMARTS) is 1. The molecule has 19 heavy (non-hydrogen) atoms. The first-order valence-electron chi connectivity index (χ1n) is 6.37. The summed E-state index contributed by atoms with van der Waals surface area (Å²) in [7, 11) is 0. The molecule has 0 bridgehead atoms. The predicted octanol–water partition coefficient (Wildman–Crippen LogP) is 2.44. The zero-order valence-corrected chi connectivity index (χ0v) is 13.2. The van der Waals surface area contributed by atoms with Crippen molar-refractivity contribution in [1.82, 2.24) is 9.88 Å². The molecule has 0 aliphatic carbocycles. The Morgan fingerprint density at radius 3 is 2.89 bits per heavy atom. The van der Waals surface area contributed by atoms with E-state index in [2.05, 4.69) is 31.1 Å². The average molecular weight is 300 g/mol. The Labute approximate surface area is 122 Å². The van der Waals surface area contributed by atoms with Crippen molar-refractivity contribution < 1.29 is 9.90 Å². The number of aliphatic carboxylic acids is 1. The highest BCUT2D eigenvalue weighted by molar-refractivity contribution is 7.99. The van der Waals surface area contributed by atoms with Crippen LogP contribution in [0.1, 0.15) is 31.5 Å². The largest absolute Gasteiger partial charge is 0.480 e. The third kappa shape index (κ3) is 3.70. The molecule has 1 atom stereocenters. The van der Waals surface area contributed by atoms with Gasteiger partial charge in [-0.3, -0.25) is 9.69 Å². The Morgan fingerprint density at radius 2 is 2.32 bits per heavy atom. The van der Waals surface area contributed by atoms with Crippen molar-refractivity contribution in [2.75, 3.05) is 18.1 Å². The van der Waals surface area contributed by atoms with Crippen LogP contribution in [-0.4, -0.2) is 45.1 Å². The van der Waals surface area contributed by atoms with Crippen LogP contribution in [0.3, 0.4) is 0 Å². The number of carboxylic acids is 1. The zero-order chi connectivity index (χ0) is 14.0. The standard InChI is InChI=1S/C13H20N2O2S2/c1-13(2,3)10-8-19-11(14-10)6-15-4-5-18-7-9(15)12(16)17/h8-9H,4-7H2,1-3H3,(H,16,17). The number of carbonyl (C=O) groups is 1. The van der Waals surface area contributed by atoms with Crippen molar-refractivity contribution in [1.29, 1.82) is 0 Å². The summed E-state index contributed by atoms with van der Waals surface area (Å²) in [5, 5.41) is 12.4. The predicted molar refractivity (Wildman–Crippen MR) is 80.0 cm³/mol. The summed E-state index contributed by atoms with van der Waals surface area (Å²) in [5.41, 5.74) is 1.14. The topological polar surface area (TPSA) is 53.4 Å². The van der Waals surface area contributed by atoms with Gasteiger partial charge in [0.2, 0.25) is 0 Å². The fourth-order valence-electron chi connectivity index (χ4n) is 1.96. The number of thioether (sulfide) groups is 1. The zero-order valence-electron chi connectivity index (χ0n) is 11.5. The first-order valence-corrected chi connectivity index (χ1v) is 8.41. The molecule has 4 nitrogen and oxygen atoms in total. The second-order valence-corrected chi connectivity index (χ2v) is 7.87. The highest BCUT2D eigenvalue weighted by atomic mass is 32.2. The van der Waals surface area contributed by atoms with Gasteiger partial charge in [-0.1, -0.05) is 20.8 Å². The Kier molecular flexibility index (Phi) is 4.53. The minimum atomic E-state index is -0.722. The van der Waals surface area contributed by atoms with Crippen LogP contribution in [0.2, 0.25) is 0 Å². The molecule has 1 N–H and O–H groups in total. The van der Waals surface area contributed by atoms with Gasteiger partial charge in [-0.25, -0.2) is 4.98 Å². The average Bonchev–Trinajstić information content (AvgIpc) is 2.77. The van der Waals surface area contributed by atoms with Crippen LogP contribution in [-0.2, 0) is 16.8 Å². The summed E-state index contributed by atoms with van der Waals surface area (Å²) < 4.78 is 0. The van der Waals surface area contributed by atoms with Crippen LogP contribution in [0.25, 0.3) is 0 Å². The number of rotatable bonds is 3. The Hall–Kier alpha value is -0.590. The fourth-order valence-corrected chi connectivity index (χ4v) is 4.11. The maximum atomic E-state index is 11.2. The molecule has 1 aromatic rings. The van der Waals surface area contributed by atoms with Gasteiger partial charge in [0.25, 0.3) is 0 Å². The van der Waals surface area contributed by atoms with E-state index >= 15 is 0 Å². The molecule has 106 valence electrons. The van der Waals surface area contributed by atoms with E-state index in [1.807, 2.05) is 4.90 Å². The number of nitrogens with zero attached hydrogens (tertiary/aromatic N) is 2. The van der Waals surface area contributed by atoms with Gasteiger partial charge >= 0.3 is 5.97 Å². The molecule has 0 saturated carbocycles. The third-order valence-electron chi connectivity index (χ3n) is 3.18. The molecule has 6 heteroatoms. The van der Waals surface area contributed by atoms with Crippen molar-refractivity contribution in [3.05, 3.63) is 16.1 Å². The number of aromatic nitrogens is 1. The van der Waals surface area contributed by atoms with Crippen LogP contribution >= 0.6 is 23.1 Å². The Balaban J connectivity index is 2.07. The summed E-state index contributed by atoms with van der Waals surface area (Å²) in [6.45, 7) is 7.90. The fraction of sp³-hybridized carbons (Fsp3) is 0.692. The van der Waals surface area contributed by atoms with Gasteiger partial charge in [0.15, 0.2) is 0 Å². The molecule has 1 saturated heterocycles. The highest BCUT2D eigenvalue weighted by Gasteiger charge is 2.29. The van der Waals surface area contributed by atoms with E-state index in [1.54, 1.807) is 23.1 Å². The summed E-state index contributed by atoms with van der Waals surface area (Å²) >= 11 is 3.35. The van der Waals surface area contributed by atoms with Crippen LogP contribution in [0.4, 0.5) is 0 Å². The number of hydrogen-bond donors (Lipinski definition) is 1. The molecule has 2 heterocycles. The van der Waals surface area contributed by atoms with E-state index in [0.29, 0.717) is 12.3 Å². The number of hydrogen-bond acceptors (Lipinski definition) is 5. The van der Waals surface area contributed by atoms with Gasteiger partial charge in [-0.05, 0) is 0 Å². The van der Waals surface area contributed by atoms with Gasteiger partial charge in [0.05, 0.1) is 12.2 Å². The van der Waals surface area contributed by atoms with E-state index in [0.717, 1.165) is 23.0 Å². The lowest BCUT2D eigenvalue weighted by atomic mass is 9.93. The van der Waals surface area contributed by atoms with Crippen LogP contribution in [0.15, 0.2) is 5.38 Å². The lowest BCUT2D eigenvalue weighted by Crippen LogP contribution is -2.46. The maximum Gasteiger partial charge on any atom is 0.321 e. The third-order valence-corrected chi connectivity index (χ3v) is 5.04. The summed E-state index contributed by atoms with van der Waals surface area (Å²) in [5.74, 6) is 0.952. The second-order valence-electron chi connectivity index (χ2n) is 5.78. The lowest BCUT2D eigenvalue weighted by Gasteiger charge is -2.31. The molecule has 1 aromatic heterocycles. The molecule has 1 aliphatic rings. The monoisotopic (exact) mass is 300 g/mol. The molecule has 0 aromatic carbocycles. The van der Waals surface area contributed by atoms with Gasteiger partial charge in [-0.2, -0.15) is 11.8 Å². The minimum absolute atomic E-state index is 0.0543. The normalized spacial score (nSPS) is 21.5. The lowest BCUT2D eigenvalue weighted by molar-refractivity contribution is -0.142. The molecule has 0 spiro atoms. The van der Waals surface area contributed by atoms with Crippen LogP contribution in [0, 0.1) is 0 Å². The van der Waals surface area contributed by atoms with E-state index in [9.17, 15) is 9.90 Å². The second kappa shape index (κ2) is 5.81. The van der Waals surface area contributed by atoms with Crippen molar-refractivity contribution in [3.63, 3.8) is 0 Å². The Morgan fingerprint density at radius 1 is 1.58 bits per heavy atom. The quantitative estimate of drug-likeness (QED) is 0.929. The van der Waals surface area contributed by atoms with Crippen molar-refractivity contribution in [3.8, 4) is 0 Å². The molecule has 1 aliphatic heterocycles. The Bertz CT molecular complexity index is 454. The van der Waals surface area contributed by atoms with Gasteiger partial charge < -0.3 is 5.11 Å². The van der Waals surface area contributed by atoms with Gasteiger partial charge in [0, 0.05) is 28.8 Å². The van der Waals surface area contributed by atoms with E-state index in [-0.39, 0.29) is 11.5 Å². The SMILES string of the molecule is CC(C)(C)c1csc(CN2CCSCC2C(=O)O)n1. The van der Waals surface area contributed by atoms with Crippen molar-refractivity contribution in [2.45, 2.75) is 38.8 Å². The van der Waals surface area contributed by atoms with E-state index in [4.69, 9.17) is 0 Å². The summed E-state index contributed by atoms with van der Waals surface area (Å²) in [6.07, 6.45) is 0. The smallest absolute Gasteiger partial charge is 0.321 e. The molecule has 0 radical (unpaired) electrons. The molecule has 1 unspecified atom stereocenters. The van der Waals surface area contributed by atoms with Crippen molar-refractivity contribution in [2.24, 2.45) is 0 Å². The van der Waals surface area contributed by atoms with Gasteiger partial charge in [-0.15, -0.1) is 11.3 Å².